The van der Waals surface area contributed by atoms with E-state index in [1.807, 2.05) is 55.5 Å². The van der Waals surface area contributed by atoms with Crippen molar-refractivity contribution in [3.63, 3.8) is 0 Å². The van der Waals surface area contributed by atoms with Crippen LogP contribution in [0.15, 0.2) is 53.3 Å². The van der Waals surface area contributed by atoms with Crippen LogP contribution in [0, 0.1) is 6.92 Å². The van der Waals surface area contributed by atoms with E-state index in [0.29, 0.717) is 11.0 Å². The highest BCUT2D eigenvalue weighted by atomic mass is 16.1. The van der Waals surface area contributed by atoms with Gasteiger partial charge in [0.15, 0.2) is 5.52 Å². The number of aromatic nitrogens is 4. The van der Waals surface area contributed by atoms with Crippen molar-refractivity contribution in [3.8, 4) is 5.69 Å². The quantitative estimate of drug-likeness (QED) is 0.581. The Labute approximate surface area is 119 Å². The molecule has 0 radical (unpaired) electrons. The second-order valence-electron chi connectivity index (χ2n) is 4.98. The first-order chi connectivity index (χ1) is 10.3. The topological polar surface area (TPSA) is 63.6 Å². The number of nitrogens with zero attached hydrogens (tertiary/aromatic N) is 3. The van der Waals surface area contributed by atoms with Gasteiger partial charge in [-0.15, -0.1) is 10.2 Å². The summed E-state index contributed by atoms with van der Waals surface area (Å²) in [7, 11) is 0. The van der Waals surface area contributed by atoms with Crippen molar-refractivity contribution in [2.45, 2.75) is 6.92 Å². The minimum absolute atomic E-state index is 0.183. The van der Waals surface area contributed by atoms with E-state index in [4.69, 9.17) is 0 Å². The van der Waals surface area contributed by atoms with Crippen molar-refractivity contribution >= 4 is 21.9 Å². The first-order valence-corrected chi connectivity index (χ1v) is 6.68. The van der Waals surface area contributed by atoms with Crippen molar-refractivity contribution in [1.82, 2.24) is 20.0 Å². The minimum Gasteiger partial charge on any atom is -0.288 e. The molecule has 5 nitrogen and oxygen atoms in total. The zero-order valence-corrected chi connectivity index (χ0v) is 11.4. The summed E-state index contributed by atoms with van der Waals surface area (Å²) in [5.74, 6) is 0. The number of benzene rings is 2. The van der Waals surface area contributed by atoms with Gasteiger partial charge in [-0.25, -0.2) is 4.68 Å². The van der Waals surface area contributed by atoms with Crippen molar-refractivity contribution in [2.24, 2.45) is 0 Å². The van der Waals surface area contributed by atoms with E-state index in [9.17, 15) is 4.79 Å². The molecule has 2 aromatic carbocycles. The number of nitrogens with one attached hydrogen (secondary N) is 1. The predicted octanol–water partition coefficient (Wildman–Crippen LogP) is 2.57. The summed E-state index contributed by atoms with van der Waals surface area (Å²) in [5, 5.41) is 12.2. The third-order valence-electron chi connectivity index (χ3n) is 3.65. The average Bonchev–Trinajstić information content (AvgIpc) is 2.85. The van der Waals surface area contributed by atoms with Crippen LogP contribution in [0.5, 0.6) is 0 Å². The molecule has 4 aromatic rings. The maximum atomic E-state index is 12.6. The Kier molecular flexibility index (Phi) is 2.41. The van der Waals surface area contributed by atoms with Gasteiger partial charge in [0.05, 0.1) is 16.7 Å². The van der Waals surface area contributed by atoms with Crippen molar-refractivity contribution in [3.05, 3.63) is 64.4 Å². The molecule has 21 heavy (non-hydrogen) atoms. The Bertz CT molecular complexity index is 1030. The van der Waals surface area contributed by atoms with E-state index in [0.717, 1.165) is 22.2 Å². The van der Waals surface area contributed by atoms with Crippen LogP contribution in [0.3, 0.4) is 0 Å². The van der Waals surface area contributed by atoms with E-state index >= 15 is 0 Å². The molecule has 0 bridgehead atoms. The second-order valence-corrected chi connectivity index (χ2v) is 4.98. The molecule has 0 aliphatic heterocycles. The van der Waals surface area contributed by atoms with Gasteiger partial charge in [-0.1, -0.05) is 36.4 Å². The lowest BCUT2D eigenvalue weighted by atomic mass is 10.2. The van der Waals surface area contributed by atoms with Crippen molar-refractivity contribution in [1.29, 1.82) is 0 Å². The highest BCUT2D eigenvalue weighted by molar-refractivity contribution is 6.00. The number of aryl methyl sites for hydroxylation is 1. The molecule has 2 aromatic heterocycles. The normalized spacial score (nSPS) is 11.3. The largest absolute Gasteiger partial charge is 0.299 e. The lowest BCUT2D eigenvalue weighted by molar-refractivity contribution is 0.856. The molecule has 0 amide bonds. The van der Waals surface area contributed by atoms with E-state index in [2.05, 4.69) is 15.3 Å². The van der Waals surface area contributed by atoms with Gasteiger partial charge in [0.1, 0.15) is 0 Å². The van der Waals surface area contributed by atoms with E-state index in [1.54, 1.807) is 0 Å². The highest BCUT2D eigenvalue weighted by Crippen LogP contribution is 2.19. The summed E-state index contributed by atoms with van der Waals surface area (Å²) >= 11 is 0. The van der Waals surface area contributed by atoms with Gasteiger partial charge >= 0.3 is 0 Å². The first kappa shape index (κ1) is 11.8. The second kappa shape index (κ2) is 4.28. The highest BCUT2D eigenvalue weighted by Gasteiger charge is 2.13. The van der Waals surface area contributed by atoms with Crippen LogP contribution in [0.1, 0.15) is 5.56 Å². The number of hydrogen-bond donors (Lipinski definition) is 1. The SMILES string of the molecule is Cc1ccccc1-n1[nH]c2c(nnc3ccccc32)c1=O. The Morgan fingerprint density at radius 1 is 1.00 bits per heavy atom. The number of para-hydroxylation sites is 1. The molecule has 102 valence electrons. The molecule has 0 spiro atoms. The Morgan fingerprint density at radius 2 is 1.76 bits per heavy atom. The standard InChI is InChI=1S/C16H12N4O/c1-10-6-2-5-9-13(10)20-16(21)15-14(19-20)11-7-3-4-8-12(11)17-18-15/h2-9,19H,1H3. The molecule has 4 rings (SSSR count). The molecule has 2 heterocycles. The summed E-state index contributed by atoms with van der Waals surface area (Å²) in [6, 6.07) is 15.4. The molecule has 0 aliphatic rings. The summed E-state index contributed by atoms with van der Waals surface area (Å²) < 4.78 is 1.53. The lowest BCUT2D eigenvalue weighted by Crippen LogP contribution is -2.15. The fraction of sp³-hybridized carbons (Fsp3) is 0.0625. The third kappa shape index (κ3) is 1.67. The predicted molar refractivity (Wildman–Crippen MR) is 81.7 cm³/mol. The molecule has 5 heteroatoms. The van der Waals surface area contributed by atoms with Crippen LogP contribution in [0.25, 0.3) is 27.6 Å². The van der Waals surface area contributed by atoms with Crippen molar-refractivity contribution < 1.29 is 0 Å². The number of rotatable bonds is 1. The Balaban J connectivity index is 2.13. The maximum Gasteiger partial charge on any atom is 0.299 e. The van der Waals surface area contributed by atoms with Gasteiger partial charge in [0.2, 0.25) is 0 Å². The minimum atomic E-state index is -0.183. The van der Waals surface area contributed by atoms with Gasteiger partial charge in [-0.3, -0.25) is 9.89 Å². The smallest absolute Gasteiger partial charge is 0.288 e. The molecule has 0 saturated carbocycles. The average molecular weight is 276 g/mol. The molecular weight excluding hydrogens is 264 g/mol. The molecular formula is C16H12N4O. The summed E-state index contributed by atoms with van der Waals surface area (Å²) in [5.41, 5.74) is 3.50. The third-order valence-corrected chi connectivity index (χ3v) is 3.65. The van der Waals surface area contributed by atoms with Crippen LogP contribution >= 0.6 is 0 Å². The van der Waals surface area contributed by atoms with Crippen LogP contribution in [-0.2, 0) is 0 Å². The van der Waals surface area contributed by atoms with Crippen LogP contribution in [0.2, 0.25) is 0 Å². The van der Waals surface area contributed by atoms with E-state index in [-0.39, 0.29) is 5.56 Å². The van der Waals surface area contributed by atoms with E-state index in [1.165, 1.54) is 4.68 Å². The first-order valence-electron chi connectivity index (χ1n) is 6.68. The molecule has 1 N–H and O–H groups in total. The molecule has 0 atom stereocenters. The zero-order valence-electron chi connectivity index (χ0n) is 11.4. The van der Waals surface area contributed by atoms with Crippen LogP contribution < -0.4 is 5.56 Å². The van der Waals surface area contributed by atoms with Gasteiger partial charge < -0.3 is 0 Å². The van der Waals surface area contributed by atoms with Crippen molar-refractivity contribution in [2.75, 3.05) is 0 Å². The van der Waals surface area contributed by atoms with Gasteiger partial charge in [0, 0.05) is 5.39 Å². The summed E-state index contributed by atoms with van der Waals surface area (Å²) in [6.07, 6.45) is 0. The molecule has 0 fully saturated rings. The zero-order chi connectivity index (χ0) is 14.4. The number of aromatic amines is 1. The van der Waals surface area contributed by atoms with E-state index < -0.39 is 0 Å². The Morgan fingerprint density at radius 3 is 2.62 bits per heavy atom. The lowest BCUT2D eigenvalue weighted by Gasteiger charge is -2.04. The van der Waals surface area contributed by atoms with Gasteiger partial charge in [0.25, 0.3) is 5.56 Å². The summed E-state index contributed by atoms with van der Waals surface area (Å²) in [4.78, 5) is 12.6. The van der Waals surface area contributed by atoms with Gasteiger partial charge in [-0.2, -0.15) is 0 Å². The fourth-order valence-corrected chi connectivity index (χ4v) is 2.57. The van der Waals surface area contributed by atoms with Crippen LogP contribution in [-0.4, -0.2) is 20.0 Å². The van der Waals surface area contributed by atoms with Crippen LogP contribution in [0.4, 0.5) is 0 Å². The van der Waals surface area contributed by atoms with Gasteiger partial charge in [-0.05, 0) is 24.6 Å². The Hall–Kier alpha value is -2.95. The number of fused-ring (bicyclic) bond motifs is 3. The monoisotopic (exact) mass is 276 g/mol. The molecule has 0 saturated heterocycles. The fourth-order valence-electron chi connectivity index (χ4n) is 2.57. The molecule has 0 unspecified atom stereocenters. The number of hydrogen-bond acceptors (Lipinski definition) is 3. The number of H-pyrrole nitrogens is 1. The maximum absolute atomic E-state index is 12.6. The summed E-state index contributed by atoms with van der Waals surface area (Å²) in [6.45, 7) is 1.97. The molecule has 0 aliphatic carbocycles.